The van der Waals surface area contributed by atoms with Gasteiger partial charge in [-0.25, -0.2) is 4.98 Å². The van der Waals surface area contributed by atoms with Gasteiger partial charge in [0, 0.05) is 30.9 Å². The molecule has 0 saturated carbocycles. The van der Waals surface area contributed by atoms with Gasteiger partial charge in [0.05, 0.1) is 0 Å². The minimum atomic E-state index is 0. The van der Waals surface area contributed by atoms with Gasteiger partial charge in [-0.1, -0.05) is 0 Å². The van der Waals surface area contributed by atoms with Gasteiger partial charge >= 0.3 is 0 Å². The smallest absolute Gasteiger partial charge is 0.130 e. The maximum absolute atomic E-state index is 4.55. The van der Waals surface area contributed by atoms with E-state index in [1.165, 1.54) is 16.7 Å². The SMILES string of the molecule is CNc1nc(C)c(C)c2c1CNC2C.Cl.Cl. The van der Waals surface area contributed by atoms with Crippen molar-refractivity contribution in [1.82, 2.24) is 10.3 Å². The van der Waals surface area contributed by atoms with Gasteiger partial charge in [0.15, 0.2) is 0 Å². The quantitative estimate of drug-likeness (QED) is 0.819. The van der Waals surface area contributed by atoms with Crippen LogP contribution in [0.1, 0.15) is 35.3 Å². The molecule has 0 spiro atoms. The van der Waals surface area contributed by atoms with Gasteiger partial charge in [-0.2, -0.15) is 0 Å². The van der Waals surface area contributed by atoms with E-state index in [0.29, 0.717) is 6.04 Å². The van der Waals surface area contributed by atoms with E-state index in [1.807, 2.05) is 7.05 Å². The Labute approximate surface area is 109 Å². The topological polar surface area (TPSA) is 37.0 Å². The predicted molar refractivity (Wildman–Crippen MR) is 73.0 cm³/mol. The Bertz CT molecular complexity index is 380. The molecule has 1 aromatic heterocycles. The summed E-state index contributed by atoms with van der Waals surface area (Å²) in [4.78, 5) is 4.55. The van der Waals surface area contributed by atoms with Crippen LogP contribution in [0.5, 0.6) is 0 Å². The van der Waals surface area contributed by atoms with E-state index in [9.17, 15) is 0 Å². The second kappa shape index (κ2) is 5.71. The highest BCUT2D eigenvalue weighted by atomic mass is 35.5. The molecular formula is C11H19Cl2N3. The Kier molecular flexibility index (Phi) is 5.53. The Balaban J connectivity index is 0.00000112. The molecular weight excluding hydrogens is 245 g/mol. The summed E-state index contributed by atoms with van der Waals surface area (Å²) in [6, 6.07) is 0.457. The number of anilines is 1. The van der Waals surface area contributed by atoms with Gasteiger partial charge in [-0.05, 0) is 31.9 Å². The maximum atomic E-state index is 4.55. The number of rotatable bonds is 1. The van der Waals surface area contributed by atoms with Crippen molar-refractivity contribution in [1.29, 1.82) is 0 Å². The number of nitrogens with one attached hydrogen (secondary N) is 2. The zero-order valence-electron chi connectivity index (χ0n) is 10.0. The van der Waals surface area contributed by atoms with Crippen LogP contribution in [0, 0.1) is 13.8 Å². The zero-order valence-corrected chi connectivity index (χ0v) is 11.7. The van der Waals surface area contributed by atoms with Crippen molar-refractivity contribution in [2.45, 2.75) is 33.4 Å². The van der Waals surface area contributed by atoms with Crippen molar-refractivity contribution < 1.29 is 0 Å². The van der Waals surface area contributed by atoms with Gasteiger partial charge in [-0.3, -0.25) is 0 Å². The molecule has 3 nitrogen and oxygen atoms in total. The van der Waals surface area contributed by atoms with Crippen molar-refractivity contribution >= 4 is 30.6 Å². The highest BCUT2D eigenvalue weighted by molar-refractivity contribution is 5.85. The van der Waals surface area contributed by atoms with Crippen LogP contribution >= 0.6 is 24.8 Å². The second-order valence-electron chi connectivity index (χ2n) is 3.92. The van der Waals surface area contributed by atoms with E-state index in [-0.39, 0.29) is 24.8 Å². The molecule has 5 heteroatoms. The van der Waals surface area contributed by atoms with E-state index in [1.54, 1.807) is 0 Å². The van der Waals surface area contributed by atoms with E-state index >= 15 is 0 Å². The summed E-state index contributed by atoms with van der Waals surface area (Å²) in [6.07, 6.45) is 0. The first-order valence-corrected chi connectivity index (χ1v) is 5.06. The molecule has 2 heterocycles. The molecule has 1 aromatic rings. The van der Waals surface area contributed by atoms with Crippen molar-refractivity contribution in [3.8, 4) is 0 Å². The largest absolute Gasteiger partial charge is 0.373 e. The summed E-state index contributed by atoms with van der Waals surface area (Å²) < 4.78 is 0. The van der Waals surface area contributed by atoms with Crippen LogP contribution < -0.4 is 10.6 Å². The van der Waals surface area contributed by atoms with Crippen molar-refractivity contribution in [2.24, 2.45) is 0 Å². The molecule has 1 aliphatic rings. The average Bonchev–Trinajstić information content (AvgIpc) is 2.54. The van der Waals surface area contributed by atoms with Crippen LogP contribution in [0.4, 0.5) is 5.82 Å². The van der Waals surface area contributed by atoms with Crippen molar-refractivity contribution in [3.05, 3.63) is 22.4 Å². The molecule has 1 unspecified atom stereocenters. The van der Waals surface area contributed by atoms with Crippen LogP contribution in [0.15, 0.2) is 0 Å². The first-order chi connectivity index (χ1) is 6.65. The average molecular weight is 264 g/mol. The molecule has 0 aliphatic carbocycles. The minimum Gasteiger partial charge on any atom is -0.373 e. The number of aromatic nitrogens is 1. The molecule has 0 aromatic carbocycles. The lowest BCUT2D eigenvalue weighted by molar-refractivity contribution is 0.631. The van der Waals surface area contributed by atoms with E-state index < -0.39 is 0 Å². The maximum Gasteiger partial charge on any atom is 0.130 e. The van der Waals surface area contributed by atoms with Gasteiger partial charge in [-0.15, -0.1) is 24.8 Å². The zero-order chi connectivity index (χ0) is 10.3. The lowest BCUT2D eigenvalue weighted by Gasteiger charge is -2.13. The standard InChI is InChI=1S/C11H17N3.2ClH/c1-6-7(2)14-11(12-4)9-5-13-8(3)10(6)9;;/h8,13H,5H2,1-4H3,(H,12,14);2*1H. The highest BCUT2D eigenvalue weighted by Gasteiger charge is 2.24. The summed E-state index contributed by atoms with van der Waals surface area (Å²) in [5, 5.41) is 6.61. The molecule has 0 amide bonds. The number of halogens is 2. The van der Waals surface area contributed by atoms with Crippen LogP contribution in [-0.2, 0) is 6.54 Å². The van der Waals surface area contributed by atoms with Gasteiger partial charge in [0.2, 0.25) is 0 Å². The number of hydrogen-bond donors (Lipinski definition) is 2. The molecule has 0 bridgehead atoms. The third-order valence-electron chi connectivity index (χ3n) is 3.09. The summed E-state index contributed by atoms with van der Waals surface area (Å²) in [5.74, 6) is 1.03. The molecule has 0 radical (unpaired) electrons. The fraction of sp³-hybridized carbons (Fsp3) is 0.545. The van der Waals surface area contributed by atoms with Crippen molar-refractivity contribution in [3.63, 3.8) is 0 Å². The number of nitrogens with zero attached hydrogens (tertiary/aromatic N) is 1. The van der Waals surface area contributed by atoms with E-state index in [0.717, 1.165) is 18.1 Å². The molecule has 92 valence electrons. The monoisotopic (exact) mass is 263 g/mol. The molecule has 2 N–H and O–H groups in total. The second-order valence-corrected chi connectivity index (χ2v) is 3.92. The predicted octanol–water partition coefficient (Wildman–Crippen LogP) is 2.75. The molecule has 16 heavy (non-hydrogen) atoms. The van der Waals surface area contributed by atoms with Crippen LogP contribution in [-0.4, -0.2) is 12.0 Å². The molecule has 0 saturated heterocycles. The number of hydrogen-bond acceptors (Lipinski definition) is 3. The lowest BCUT2D eigenvalue weighted by atomic mass is 10.00. The summed E-state index contributed by atoms with van der Waals surface area (Å²) in [6.45, 7) is 7.37. The molecule has 2 rings (SSSR count). The first kappa shape index (κ1) is 15.5. The number of aryl methyl sites for hydroxylation is 1. The third kappa shape index (κ3) is 2.26. The molecule has 1 aliphatic heterocycles. The molecule has 1 atom stereocenters. The Morgan fingerprint density at radius 1 is 1.31 bits per heavy atom. The van der Waals surface area contributed by atoms with Crippen molar-refractivity contribution in [2.75, 3.05) is 12.4 Å². The highest BCUT2D eigenvalue weighted by Crippen LogP contribution is 2.33. The molecule has 0 fully saturated rings. The van der Waals surface area contributed by atoms with Crippen LogP contribution in [0.3, 0.4) is 0 Å². The summed E-state index contributed by atoms with van der Waals surface area (Å²) >= 11 is 0. The lowest BCUT2D eigenvalue weighted by Crippen LogP contribution is -2.08. The third-order valence-corrected chi connectivity index (χ3v) is 3.09. The van der Waals surface area contributed by atoms with Gasteiger partial charge < -0.3 is 10.6 Å². The van der Waals surface area contributed by atoms with Crippen LogP contribution in [0.2, 0.25) is 0 Å². The fourth-order valence-corrected chi connectivity index (χ4v) is 2.20. The normalized spacial score (nSPS) is 17.1. The van der Waals surface area contributed by atoms with E-state index in [4.69, 9.17) is 0 Å². The number of pyridine rings is 1. The summed E-state index contributed by atoms with van der Waals surface area (Å²) in [5.41, 5.74) is 5.23. The Morgan fingerprint density at radius 3 is 2.50 bits per heavy atom. The first-order valence-electron chi connectivity index (χ1n) is 5.06. The Hall–Kier alpha value is -0.510. The Morgan fingerprint density at radius 2 is 1.94 bits per heavy atom. The fourth-order valence-electron chi connectivity index (χ4n) is 2.20. The summed E-state index contributed by atoms with van der Waals surface area (Å²) in [7, 11) is 1.93. The minimum absolute atomic E-state index is 0. The van der Waals surface area contributed by atoms with Crippen LogP contribution in [0.25, 0.3) is 0 Å². The number of fused-ring (bicyclic) bond motifs is 1. The van der Waals surface area contributed by atoms with Gasteiger partial charge in [0.1, 0.15) is 5.82 Å². The van der Waals surface area contributed by atoms with E-state index in [2.05, 4.69) is 36.4 Å². The van der Waals surface area contributed by atoms with Gasteiger partial charge in [0.25, 0.3) is 0 Å².